The van der Waals surface area contributed by atoms with E-state index in [0.717, 1.165) is 19.0 Å². The number of hydrogen-bond donors (Lipinski definition) is 2. The third-order valence-electron chi connectivity index (χ3n) is 2.64. The van der Waals surface area contributed by atoms with Gasteiger partial charge in [0.2, 0.25) is 12.3 Å². The first-order valence-electron chi connectivity index (χ1n) is 6.92. The van der Waals surface area contributed by atoms with Gasteiger partial charge in [-0.15, -0.1) is 0 Å². The van der Waals surface area contributed by atoms with E-state index in [0.29, 0.717) is 12.0 Å². The maximum absolute atomic E-state index is 12.5. The zero-order chi connectivity index (χ0) is 16.3. The van der Waals surface area contributed by atoms with Crippen LogP contribution in [0.1, 0.15) is 32.8 Å². The van der Waals surface area contributed by atoms with Crippen LogP contribution in [0.5, 0.6) is 0 Å². The van der Waals surface area contributed by atoms with Crippen LogP contribution in [0.15, 0.2) is 18.2 Å². The van der Waals surface area contributed by atoms with Crippen molar-refractivity contribution in [3.8, 4) is 0 Å². The second kappa shape index (κ2) is 10.8. The molecule has 4 nitrogen and oxygen atoms in total. The van der Waals surface area contributed by atoms with Crippen LogP contribution < -0.4 is 10.6 Å². The fourth-order valence-electron chi connectivity index (χ4n) is 1.59. The molecule has 118 valence electrons. The number of carbonyl (C=O) groups excluding carboxylic acids is 2. The van der Waals surface area contributed by atoms with Gasteiger partial charge in [-0.3, -0.25) is 9.59 Å². The molecule has 2 amide bonds. The minimum absolute atomic E-state index is 0.137. The Labute approximate surface area is 123 Å². The summed E-state index contributed by atoms with van der Waals surface area (Å²) in [7, 11) is 0. The van der Waals surface area contributed by atoms with E-state index in [9.17, 15) is 18.4 Å². The van der Waals surface area contributed by atoms with Crippen LogP contribution in [0, 0.1) is 17.6 Å². The Kier molecular flexibility index (Phi) is 9.75. The fourth-order valence-corrected chi connectivity index (χ4v) is 1.59. The van der Waals surface area contributed by atoms with Crippen LogP contribution in [0.2, 0.25) is 0 Å². The lowest BCUT2D eigenvalue weighted by atomic mass is 10.1. The number of rotatable bonds is 3. The highest BCUT2D eigenvalue weighted by atomic mass is 19.1. The summed E-state index contributed by atoms with van der Waals surface area (Å²) in [4.78, 5) is 20.3. The fraction of sp³-hybridized carbons (Fsp3) is 0.467. The van der Waals surface area contributed by atoms with E-state index in [-0.39, 0.29) is 18.4 Å². The Morgan fingerprint density at radius 1 is 1.29 bits per heavy atom. The zero-order valence-electron chi connectivity index (χ0n) is 12.6. The van der Waals surface area contributed by atoms with Crippen LogP contribution in [-0.4, -0.2) is 18.9 Å². The molecule has 2 rings (SSSR count). The summed E-state index contributed by atoms with van der Waals surface area (Å²) in [6, 6.07) is 3.11. The summed E-state index contributed by atoms with van der Waals surface area (Å²) in [5, 5.41) is 5.04. The largest absolute Gasteiger partial charge is 0.356 e. The first-order chi connectivity index (χ1) is 10.0. The van der Waals surface area contributed by atoms with Crippen molar-refractivity contribution in [2.75, 3.05) is 6.54 Å². The molecule has 0 saturated carbocycles. The third-order valence-corrected chi connectivity index (χ3v) is 2.64. The smallest absolute Gasteiger partial charge is 0.222 e. The molecular weight excluding hydrogens is 278 g/mol. The Bertz CT molecular complexity index is 433. The van der Waals surface area contributed by atoms with E-state index in [1.165, 1.54) is 12.1 Å². The first kappa shape index (κ1) is 19.0. The van der Waals surface area contributed by atoms with Crippen molar-refractivity contribution in [1.82, 2.24) is 10.6 Å². The van der Waals surface area contributed by atoms with Crippen molar-refractivity contribution in [2.24, 2.45) is 5.92 Å². The number of nitrogens with one attached hydrogen (secondary N) is 2. The summed E-state index contributed by atoms with van der Waals surface area (Å²) in [5.74, 6) is -0.810. The first-order valence-corrected chi connectivity index (χ1v) is 6.92. The summed E-state index contributed by atoms with van der Waals surface area (Å²) >= 11 is 0. The molecule has 6 heteroatoms. The molecule has 1 heterocycles. The molecule has 1 saturated heterocycles. The number of carbonyl (C=O) groups is 2. The van der Waals surface area contributed by atoms with Crippen molar-refractivity contribution in [3.63, 3.8) is 0 Å². The van der Waals surface area contributed by atoms with Gasteiger partial charge in [-0.1, -0.05) is 20.8 Å². The van der Waals surface area contributed by atoms with Gasteiger partial charge in [-0.25, -0.2) is 8.78 Å². The van der Waals surface area contributed by atoms with E-state index in [4.69, 9.17) is 0 Å². The van der Waals surface area contributed by atoms with Gasteiger partial charge in [0.1, 0.15) is 11.6 Å². The van der Waals surface area contributed by atoms with Crippen LogP contribution >= 0.6 is 0 Å². The van der Waals surface area contributed by atoms with Crippen molar-refractivity contribution in [3.05, 3.63) is 35.4 Å². The Morgan fingerprint density at radius 2 is 1.86 bits per heavy atom. The van der Waals surface area contributed by atoms with Gasteiger partial charge in [-0.05, 0) is 24.1 Å². The molecule has 0 bridgehead atoms. The topological polar surface area (TPSA) is 58.2 Å². The van der Waals surface area contributed by atoms with Crippen molar-refractivity contribution >= 4 is 12.3 Å². The van der Waals surface area contributed by atoms with Crippen molar-refractivity contribution in [2.45, 2.75) is 33.7 Å². The average Bonchev–Trinajstić information content (AvgIpc) is 2.82. The molecule has 1 aliphatic rings. The normalized spacial score (nSPS) is 15.9. The Balaban J connectivity index is 0.000000377. The molecule has 0 aliphatic carbocycles. The predicted octanol–water partition coefficient (Wildman–Crippen LogP) is 2.38. The van der Waals surface area contributed by atoms with Gasteiger partial charge in [0.25, 0.3) is 0 Å². The van der Waals surface area contributed by atoms with Crippen LogP contribution in [-0.2, 0) is 16.1 Å². The van der Waals surface area contributed by atoms with Gasteiger partial charge in [0.05, 0.1) is 0 Å². The monoisotopic (exact) mass is 300 g/mol. The summed E-state index contributed by atoms with van der Waals surface area (Å²) in [5.41, 5.74) is 0.402. The number of halogens is 2. The molecule has 0 radical (unpaired) electrons. The zero-order valence-corrected chi connectivity index (χ0v) is 12.6. The van der Waals surface area contributed by atoms with Crippen molar-refractivity contribution in [1.29, 1.82) is 0 Å². The molecule has 1 fully saturated rings. The SMILES string of the molecule is CC.CC1CCNC1=O.O=CNCc1cc(F)cc(F)c1. The van der Waals surface area contributed by atoms with Gasteiger partial charge in [0, 0.05) is 25.1 Å². The predicted molar refractivity (Wildman–Crippen MR) is 77.4 cm³/mol. The molecule has 0 aromatic heterocycles. The molecule has 1 atom stereocenters. The van der Waals surface area contributed by atoms with E-state index in [1.807, 2.05) is 20.8 Å². The summed E-state index contributed by atoms with van der Waals surface area (Å²) in [6.45, 7) is 6.96. The second-order valence-corrected chi connectivity index (χ2v) is 4.26. The van der Waals surface area contributed by atoms with Crippen molar-refractivity contribution < 1.29 is 18.4 Å². The molecular formula is C15H22F2N2O2. The standard InChI is InChI=1S/C8H7F2NO.C5H9NO.C2H6/c9-7-1-6(4-11-5-12)2-8(10)3-7;1-4-2-3-6-5(4)7;1-2/h1-3,5H,4H2,(H,11,12);4H,2-3H2,1H3,(H,6,7);1-2H3. The van der Waals surface area contributed by atoms with Crippen LogP contribution in [0.3, 0.4) is 0 Å². The summed E-state index contributed by atoms with van der Waals surface area (Å²) < 4.78 is 25.0. The lowest BCUT2D eigenvalue weighted by Crippen LogP contribution is -2.16. The summed E-state index contributed by atoms with van der Waals surface area (Å²) in [6.07, 6.45) is 1.49. The van der Waals surface area contributed by atoms with E-state index in [2.05, 4.69) is 10.6 Å². The highest BCUT2D eigenvalue weighted by Gasteiger charge is 2.17. The number of amides is 2. The number of hydrogen-bond acceptors (Lipinski definition) is 2. The van der Waals surface area contributed by atoms with Gasteiger partial charge < -0.3 is 10.6 Å². The van der Waals surface area contributed by atoms with Crippen LogP contribution in [0.4, 0.5) is 8.78 Å². The maximum Gasteiger partial charge on any atom is 0.222 e. The minimum atomic E-state index is -0.641. The molecule has 1 aromatic carbocycles. The average molecular weight is 300 g/mol. The van der Waals surface area contributed by atoms with Gasteiger partial charge in [-0.2, -0.15) is 0 Å². The molecule has 21 heavy (non-hydrogen) atoms. The van der Waals surface area contributed by atoms with E-state index < -0.39 is 11.6 Å². The molecule has 2 N–H and O–H groups in total. The lowest BCUT2D eigenvalue weighted by molar-refractivity contribution is -0.122. The minimum Gasteiger partial charge on any atom is -0.356 e. The van der Waals surface area contributed by atoms with Gasteiger partial charge >= 0.3 is 0 Å². The van der Waals surface area contributed by atoms with E-state index in [1.54, 1.807) is 0 Å². The second-order valence-electron chi connectivity index (χ2n) is 4.26. The molecule has 1 aliphatic heterocycles. The van der Waals surface area contributed by atoms with Gasteiger partial charge in [0.15, 0.2) is 0 Å². The van der Waals surface area contributed by atoms with Crippen LogP contribution in [0.25, 0.3) is 0 Å². The molecule has 1 aromatic rings. The number of benzene rings is 1. The van der Waals surface area contributed by atoms with E-state index >= 15 is 0 Å². The lowest BCUT2D eigenvalue weighted by Gasteiger charge is -1.99. The molecule has 1 unspecified atom stereocenters. The third kappa shape index (κ3) is 8.02. The Hall–Kier alpha value is -1.98. The highest BCUT2D eigenvalue weighted by molar-refractivity contribution is 5.80. The Morgan fingerprint density at radius 3 is 2.19 bits per heavy atom. The maximum atomic E-state index is 12.5. The molecule has 0 spiro atoms. The highest BCUT2D eigenvalue weighted by Crippen LogP contribution is 2.07. The quantitative estimate of drug-likeness (QED) is 0.842.